The fourth-order valence-corrected chi connectivity index (χ4v) is 0.389. The van der Waals surface area contributed by atoms with E-state index in [4.69, 9.17) is 0 Å². The molecule has 1 heterocycles. The quantitative estimate of drug-likeness (QED) is 0.630. The Hall–Kier alpha value is 0.318. The summed E-state index contributed by atoms with van der Waals surface area (Å²) in [4.78, 5) is 9.69. The van der Waals surface area contributed by atoms with Crippen molar-refractivity contribution in [2.75, 3.05) is 6.54 Å². The molecule has 1 aliphatic rings. The monoisotopic (exact) mass is 268 g/mol. The summed E-state index contributed by atoms with van der Waals surface area (Å²) >= 11 is 0. The maximum absolute atomic E-state index is 9.69. The van der Waals surface area contributed by atoms with Gasteiger partial charge in [-0.3, -0.25) is 0 Å². The molecule has 0 aromatic carbocycles. The average Bonchev–Trinajstić information content (AvgIpc) is 1.31. The van der Waals surface area contributed by atoms with E-state index in [-0.39, 0.29) is 27.1 Å². The van der Waals surface area contributed by atoms with Crippen molar-refractivity contribution in [1.29, 1.82) is 0 Å². The van der Waals surface area contributed by atoms with Crippen LogP contribution in [-0.2, 0) is 25.9 Å². The molecule has 0 aromatic rings. The standard InChI is InChI=1S/C4H6NO.W/c6-3-4-1-2-5-4;/h3-4H,1-2H2;/q-1;. The van der Waals surface area contributed by atoms with Crippen LogP contribution in [0.4, 0.5) is 0 Å². The Morgan fingerprint density at radius 2 is 2.29 bits per heavy atom. The Balaban J connectivity index is 0.000000360. The van der Waals surface area contributed by atoms with Crippen molar-refractivity contribution in [1.82, 2.24) is 0 Å². The van der Waals surface area contributed by atoms with Gasteiger partial charge in [-0.25, -0.2) is 0 Å². The van der Waals surface area contributed by atoms with Crippen molar-refractivity contribution < 1.29 is 25.9 Å². The Kier molecular flexibility index (Phi) is 3.49. The molecule has 1 fully saturated rings. The molecule has 0 amide bonds. The number of carbonyl (C=O) groups excluding carboxylic acids is 1. The zero-order valence-corrected chi connectivity index (χ0v) is 6.77. The third kappa shape index (κ3) is 1.70. The zero-order valence-electron chi connectivity index (χ0n) is 3.83. The minimum absolute atomic E-state index is 0. The first-order valence-electron chi connectivity index (χ1n) is 2.05. The van der Waals surface area contributed by atoms with Gasteiger partial charge in [0.05, 0.1) is 0 Å². The molecular weight excluding hydrogens is 262 g/mol. The first-order valence-corrected chi connectivity index (χ1v) is 2.05. The van der Waals surface area contributed by atoms with Crippen molar-refractivity contribution in [2.45, 2.75) is 12.5 Å². The maximum Gasteiger partial charge on any atom is 0.102 e. The van der Waals surface area contributed by atoms with E-state index in [2.05, 4.69) is 5.32 Å². The number of nitrogens with zero attached hydrogens (tertiary/aromatic N) is 1. The van der Waals surface area contributed by atoms with Gasteiger partial charge in [0.1, 0.15) is 6.29 Å². The van der Waals surface area contributed by atoms with Crippen LogP contribution in [-0.4, -0.2) is 18.9 Å². The van der Waals surface area contributed by atoms with E-state index in [1.54, 1.807) is 0 Å². The molecule has 0 N–H and O–H groups in total. The third-order valence-electron chi connectivity index (χ3n) is 0.946. The summed E-state index contributed by atoms with van der Waals surface area (Å²) in [7, 11) is 0. The number of hydrogen-bond acceptors (Lipinski definition) is 1. The van der Waals surface area contributed by atoms with Crippen LogP contribution in [0, 0.1) is 0 Å². The van der Waals surface area contributed by atoms with Crippen LogP contribution < -0.4 is 0 Å². The molecule has 0 radical (unpaired) electrons. The van der Waals surface area contributed by atoms with Crippen LogP contribution in [0.25, 0.3) is 5.32 Å². The normalized spacial score (nSPS) is 27.1. The molecule has 7 heavy (non-hydrogen) atoms. The second-order valence-electron chi connectivity index (χ2n) is 1.40. The summed E-state index contributed by atoms with van der Waals surface area (Å²) in [5.41, 5.74) is 0. The van der Waals surface area contributed by atoms with Crippen molar-refractivity contribution in [3.8, 4) is 0 Å². The summed E-state index contributed by atoms with van der Waals surface area (Å²) in [5.74, 6) is 0. The first-order chi connectivity index (χ1) is 2.93. The van der Waals surface area contributed by atoms with Crippen molar-refractivity contribution in [2.24, 2.45) is 0 Å². The third-order valence-corrected chi connectivity index (χ3v) is 0.946. The topological polar surface area (TPSA) is 31.2 Å². The van der Waals surface area contributed by atoms with Gasteiger partial charge in [-0.2, -0.15) is 0 Å². The van der Waals surface area contributed by atoms with Gasteiger partial charge in [0, 0.05) is 21.1 Å². The molecule has 1 atom stereocenters. The molecule has 0 saturated carbocycles. The molecule has 0 spiro atoms. The van der Waals surface area contributed by atoms with E-state index in [1.807, 2.05) is 0 Å². The van der Waals surface area contributed by atoms with Crippen LogP contribution >= 0.6 is 0 Å². The van der Waals surface area contributed by atoms with E-state index in [0.29, 0.717) is 0 Å². The van der Waals surface area contributed by atoms with Crippen molar-refractivity contribution in [3.63, 3.8) is 0 Å². The van der Waals surface area contributed by atoms with Gasteiger partial charge in [0.15, 0.2) is 0 Å². The summed E-state index contributed by atoms with van der Waals surface area (Å²) in [6.07, 6.45) is 1.87. The van der Waals surface area contributed by atoms with Crippen LogP contribution in [0.3, 0.4) is 0 Å². The van der Waals surface area contributed by atoms with Crippen LogP contribution in [0.5, 0.6) is 0 Å². The van der Waals surface area contributed by atoms with Gasteiger partial charge in [-0.05, 0) is 0 Å². The first kappa shape index (κ1) is 7.32. The molecule has 0 aromatic heterocycles. The zero-order chi connectivity index (χ0) is 4.41. The van der Waals surface area contributed by atoms with Gasteiger partial charge < -0.3 is 10.1 Å². The second kappa shape index (κ2) is 3.34. The second-order valence-corrected chi connectivity index (χ2v) is 1.40. The number of rotatable bonds is 1. The van der Waals surface area contributed by atoms with Gasteiger partial charge in [-0.1, -0.05) is 12.5 Å². The van der Waals surface area contributed by atoms with Gasteiger partial charge in [0.25, 0.3) is 0 Å². The fourth-order valence-electron chi connectivity index (χ4n) is 0.389. The van der Waals surface area contributed by atoms with Crippen LogP contribution in [0.1, 0.15) is 6.42 Å². The Bertz CT molecular complexity index is 62.7. The van der Waals surface area contributed by atoms with Gasteiger partial charge >= 0.3 is 0 Å². The minimum Gasteiger partial charge on any atom is -0.654 e. The van der Waals surface area contributed by atoms with E-state index in [0.717, 1.165) is 19.3 Å². The average molecular weight is 268 g/mol. The van der Waals surface area contributed by atoms with Gasteiger partial charge in [0.2, 0.25) is 0 Å². The molecule has 1 unspecified atom stereocenters. The minimum atomic E-state index is 0. The Morgan fingerprint density at radius 3 is 2.29 bits per heavy atom. The molecule has 0 bridgehead atoms. The summed E-state index contributed by atoms with van der Waals surface area (Å²) in [6.45, 7) is 0.892. The van der Waals surface area contributed by atoms with E-state index < -0.39 is 0 Å². The van der Waals surface area contributed by atoms with Gasteiger partial charge in [-0.15, -0.1) is 6.54 Å². The number of aldehydes is 1. The largest absolute Gasteiger partial charge is 0.654 e. The Morgan fingerprint density at radius 1 is 1.71 bits per heavy atom. The van der Waals surface area contributed by atoms with E-state index in [9.17, 15) is 4.79 Å². The molecule has 3 heteroatoms. The molecule has 1 rings (SSSR count). The molecule has 40 valence electrons. The van der Waals surface area contributed by atoms with Crippen LogP contribution in [0.2, 0.25) is 0 Å². The van der Waals surface area contributed by atoms with Crippen LogP contribution in [0.15, 0.2) is 0 Å². The molecule has 1 aliphatic heterocycles. The maximum atomic E-state index is 9.69. The van der Waals surface area contributed by atoms with Crippen molar-refractivity contribution in [3.05, 3.63) is 5.32 Å². The van der Waals surface area contributed by atoms with E-state index >= 15 is 0 Å². The predicted octanol–water partition coefficient (Wildman–Crippen LogP) is 0.329. The van der Waals surface area contributed by atoms with Crippen molar-refractivity contribution >= 4 is 6.29 Å². The summed E-state index contributed by atoms with van der Waals surface area (Å²) in [5, 5.41) is 3.82. The molecule has 1 saturated heterocycles. The smallest absolute Gasteiger partial charge is 0.102 e. The molecule has 2 nitrogen and oxygen atoms in total. The SMILES string of the molecule is O=CC1CC[N-]1.[W]. The van der Waals surface area contributed by atoms with E-state index in [1.165, 1.54) is 0 Å². The predicted molar refractivity (Wildman–Crippen MR) is 22.7 cm³/mol. The summed E-state index contributed by atoms with van der Waals surface area (Å²) < 4.78 is 0. The summed E-state index contributed by atoms with van der Waals surface area (Å²) in [6, 6.07) is 0.0602. The fraction of sp³-hybridized carbons (Fsp3) is 0.750. The molecular formula is C4H6NOW-. The Labute approximate surface area is 56.9 Å². The number of hydrogen-bond donors (Lipinski definition) is 0. The number of carbonyl (C=O) groups is 1. The molecule has 0 aliphatic carbocycles.